The lowest BCUT2D eigenvalue weighted by Gasteiger charge is -2.37. The minimum absolute atomic E-state index is 0.0983. The van der Waals surface area contributed by atoms with Gasteiger partial charge in [-0.25, -0.2) is 0 Å². The van der Waals surface area contributed by atoms with Gasteiger partial charge < -0.3 is 20.1 Å². The fourth-order valence-electron chi connectivity index (χ4n) is 1.42. The highest BCUT2D eigenvalue weighted by Crippen LogP contribution is 2.20. The van der Waals surface area contributed by atoms with Crippen molar-refractivity contribution in [3.63, 3.8) is 0 Å². The van der Waals surface area contributed by atoms with E-state index in [0.717, 1.165) is 0 Å². The molecule has 4 atom stereocenters. The first-order chi connectivity index (χ1) is 5.54. The van der Waals surface area contributed by atoms with Gasteiger partial charge in [0.1, 0.15) is 18.3 Å². The second kappa shape index (κ2) is 3.70. The quantitative estimate of drug-likeness (QED) is 0.485. The van der Waals surface area contributed by atoms with Gasteiger partial charge in [0.15, 0.2) is 0 Å². The standard InChI is InChI=1S/C8H16O4/c1-4(2)8-7(11)6(10)5(9)3-12-8/h4-11H,3H2,1-2H3/t5-,6+,7-,8+/m1/s1. The fraction of sp³-hybridized carbons (Fsp3) is 1.00. The number of aliphatic hydroxyl groups is 3. The second-order valence-corrected chi connectivity index (χ2v) is 3.59. The molecule has 72 valence electrons. The highest BCUT2D eigenvalue weighted by Gasteiger charge is 2.38. The third-order valence-corrected chi connectivity index (χ3v) is 2.20. The molecule has 1 heterocycles. The van der Waals surface area contributed by atoms with Gasteiger partial charge in [0.05, 0.1) is 12.7 Å². The first-order valence-electron chi connectivity index (χ1n) is 4.20. The zero-order valence-electron chi connectivity index (χ0n) is 7.34. The molecule has 4 nitrogen and oxygen atoms in total. The van der Waals surface area contributed by atoms with Gasteiger partial charge >= 0.3 is 0 Å². The molecule has 1 saturated heterocycles. The topological polar surface area (TPSA) is 69.9 Å². The van der Waals surface area contributed by atoms with Crippen molar-refractivity contribution in [3.8, 4) is 0 Å². The Morgan fingerprint density at radius 2 is 1.75 bits per heavy atom. The van der Waals surface area contributed by atoms with Crippen LogP contribution in [0.4, 0.5) is 0 Å². The minimum Gasteiger partial charge on any atom is -0.388 e. The summed E-state index contributed by atoms with van der Waals surface area (Å²) in [5.74, 6) is 0.141. The van der Waals surface area contributed by atoms with Crippen LogP contribution < -0.4 is 0 Å². The van der Waals surface area contributed by atoms with Crippen LogP contribution in [0.5, 0.6) is 0 Å². The van der Waals surface area contributed by atoms with Gasteiger partial charge in [-0.15, -0.1) is 0 Å². The molecule has 4 heteroatoms. The van der Waals surface area contributed by atoms with Crippen LogP contribution in [0.1, 0.15) is 13.8 Å². The van der Waals surface area contributed by atoms with Crippen molar-refractivity contribution >= 4 is 0 Å². The maximum Gasteiger partial charge on any atom is 0.111 e. The van der Waals surface area contributed by atoms with E-state index < -0.39 is 18.3 Å². The van der Waals surface area contributed by atoms with E-state index in [1.165, 1.54) is 0 Å². The first-order valence-corrected chi connectivity index (χ1v) is 4.20. The molecule has 0 saturated carbocycles. The van der Waals surface area contributed by atoms with Crippen molar-refractivity contribution in [2.24, 2.45) is 5.92 Å². The van der Waals surface area contributed by atoms with Gasteiger partial charge in [-0.2, -0.15) is 0 Å². The predicted octanol–water partition coefficient (Wildman–Crippen LogP) is -0.876. The first kappa shape index (κ1) is 9.92. The fourth-order valence-corrected chi connectivity index (χ4v) is 1.42. The Kier molecular flexibility index (Phi) is 3.06. The Labute approximate surface area is 71.8 Å². The lowest BCUT2D eigenvalue weighted by Crippen LogP contribution is -2.54. The summed E-state index contributed by atoms with van der Waals surface area (Å²) >= 11 is 0. The maximum absolute atomic E-state index is 9.44. The maximum atomic E-state index is 9.44. The number of hydrogen-bond acceptors (Lipinski definition) is 4. The molecular formula is C8H16O4. The Morgan fingerprint density at radius 1 is 1.17 bits per heavy atom. The summed E-state index contributed by atoms with van der Waals surface area (Å²) in [7, 11) is 0. The third kappa shape index (κ3) is 1.77. The minimum atomic E-state index is -1.08. The highest BCUT2D eigenvalue weighted by atomic mass is 16.5. The molecule has 0 aromatic carbocycles. The molecule has 0 bridgehead atoms. The molecule has 1 fully saturated rings. The lowest BCUT2D eigenvalue weighted by molar-refractivity contribution is -0.197. The lowest BCUT2D eigenvalue weighted by atomic mass is 9.93. The van der Waals surface area contributed by atoms with Gasteiger partial charge in [0.2, 0.25) is 0 Å². The summed E-state index contributed by atoms with van der Waals surface area (Å²) < 4.78 is 5.17. The van der Waals surface area contributed by atoms with Crippen LogP contribution in [0.25, 0.3) is 0 Å². The summed E-state index contributed by atoms with van der Waals surface area (Å²) in [6.07, 6.45) is -3.39. The van der Waals surface area contributed by atoms with Crippen LogP contribution in [-0.2, 0) is 4.74 Å². The Bertz CT molecular complexity index is 148. The Hall–Kier alpha value is -0.160. The summed E-state index contributed by atoms with van der Waals surface area (Å²) in [6, 6.07) is 0. The van der Waals surface area contributed by atoms with E-state index in [0.29, 0.717) is 0 Å². The monoisotopic (exact) mass is 176 g/mol. The van der Waals surface area contributed by atoms with E-state index in [2.05, 4.69) is 0 Å². The van der Waals surface area contributed by atoms with Gasteiger partial charge in [0, 0.05) is 0 Å². The van der Waals surface area contributed by atoms with Crippen LogP contribution in [0.2, 0.25) is 0 Å². The van der Waals surface area contributed by atoms with Crippen molar-refractivity contribution in [2.75, 3.05) is 6.61 Å². The van der Waals surface area contributed by atoms with Crippen molar-refractivity contribution < 1.29 is 20.1 Å². The van der Waals surface area contributed by atoms with Crippen molar-refractivity contribution in [2.45, 2.75) is 38.3 Å². The predicted molar refractivity (Wildman–Crippen MR) is 42.6 cm³/mol. The van der Waals surface area contributed by atoms with Gasteiger partial charge in [-0.1, -0.05) is 13.8 Å². The molecule has 3 N–H and O–H groups in total. The van der Waals surface area contributed by atoms with E-state index in [4.69, 9.17) is 9.84 Å². The molecule has 1 rings (SSSR count). The molecule has 1 aliphatic rings. The van der Waals surface area contributed by atoms with Crippen LogP contribution >= 0.6 is 0 Å². The summed E-state index contributed by atoms with van der Waals surface area (Å²) in [6.45, 7) is 3.90. The average Bonchev–Trinajstić information content (AvgIpc) is 2.00. The molecule has 0 aromatic rings. The van der Waals surface area contributed by atoms with Crippen LogP contribution in [-0.4, -0.2) is 46.3 Å². The zero-order valence-corrected chi connectivity index (χ0v) is 7.34. The van der Waals surface area contributed by atoms with Crippen molar-refractivity contribution in [3.05, 3.63) is 0 Å². The average molecular weight is 176 g/mol. The molecule has 1 aliphatic heterocycles. The van der Waals surface area contributed by atoms with Crippen LogP contribution in [0, 0.1) is 5.92 Å². The summed E-state index contributed by atoms with van der Waals surface area (Å²) in [5, 5.41) is 27.8. The molecule has 12 heavy (non-hydrogen) atoms. The molecule has 0 unspecified atom stereocenters. The molecule has 0 amide bonds. The van der Waals surface area contributed by atoms with E-state index in [9.17, 15) is 10.2 Å². The van der Waals surface area contributed by atoms with Gasteiger partial charge in [-0.05, 0) is 5.92 Å². The number of rotatable bonds is 1. The van der Waals surface area contributed by atoms with E-state index in [1.807, 2.05) is 13.8 Å². The summed E-state index contributed by atoms with van der Waals surface area (Å²) in [5.41, 5.74) is 0. The summed E-state index contributed by atoms with van der Waals surface area (Å²) in [4.78, 5) is 0. The smallest absolute Gasteiger partial charge is 0.111 e. The Balaban J connectivity index is 2.58. The van der Waals surface area contributed by atoms with Gasteiger partial charge in [-0.3, -0.25) is 0 Å². The molecule has 0 radical (unpaired) electrons. The second-order valence-electron chi connectivity index (χ2n) is 3.59. The highest BCUT2D eigenvalue weighted by molar-refractivity contribution is 4.87. The molecule has 0 aromatic heterocycles. The van der Waals surface area contributed by atoms with Crippen LogP contribution in [0.3, 0.4) is 0 Å². The molecule has 0 aliphatic carbocycles. The van der Waals surface area contributed by atoms with Crippen molar-refractivity contribution in [1.29, 1.82) is 0 Å². The van der Waals surface area contributed by atoms with Crippen molar-refractivity contribution in [1.82, 2.24) is 0 Å². The van der Waals surface area contributed by atoms with E-state index in [-0.39, 0.29) is 18.6 Å². The number of ether oxygens (including phenoxy) is 1. The van der Waals surface area contributed by atoms with E-state index >= 15 is 0 Å². The number of aliphatic hydroxyl groups excluding tert-OH is 3. The SMILES string of the molecule is CC(C)[C@@H]1OC[C@@H](O)[C@H](O)[C@H]1O. The Morgan fingerprint density at radius 3 is 2.25 bits per heavy atom. The van der Waals surface area contributed by atoms with E-state index in [1.54, 1.807) is 0 Å². The third-order valence-electron chi connectivity index (χ3n) is 2.20. The van der Waals surface area contributed by atoms with Gasteiger partial charge in [0.25, 0.3) is 0 Å². The number of hydrogen-bond donors (Lipinski definition) is 3. The molecular weight excluding hydrogens is 160 g/mol. The van der Waals surface area contributed by atoms with Crippen LogP contribution in [0.15, 0.2) is 0 Å². The molecule has 0 spiro atoms. The zero-order chi connectivity index (χ0) is 9.30. The largest absolute Gasteiger partial charge is 0.388 e. The normalized spacial score (nSPS) is 43.5.